The van der Waals surface area contributed by atoms with Crippen LogP contribution < -0.4 is 5.32 Å². The summed E-state index contributed by atoms with van der Waals surface area (Å²) in [4.78, 5) is 2.27. The van der Waals surface area contributed by atoms with Gasteiger partial charge in [-0.1, -0.05) is 40.0 Å². The summed E-state index contributed by atoms with van der Waals surface area (Å²) >= 11 is 0. The molecule has 0 aromatic rings. The number of hydrogen-bond acceptors (Lipinski definition) is 2. The SMILES string of the molecule is CCCCCC(C)NCC(C)(C)CN(C)C. The van der Waals surface area contributed by atoms with Gasteiger partial charge in [-0.15, -0.1) is 0 Å². The first-order valence-electron chi connectivity index (χ1n) is 6.75. The van der Waals surface area contributed by atoms with Crippen LogP contribution in [0.25, 0.3) is 0 Å². The molecule has 16 heavy (non-hydrogen) atoms. The molecule has 0 heterocycles. The van der Waals surface area contributed by atoms with Crippen molar-refractivity contribution in [2.75, 3.05) is 27.2 Å². The lowest BCUT2D eigenvalue weighted by Crippen LogP contribution is -2.40. The normalized spacial score (nSPS) is 14.4. The molecule has 0 bridgehead atoms. The first-order valence-corrected chi connectivity index (χ1v) is 6.75. The lowest BCUT2D eigenvalue weighted by molar-refractivity contribution is 0.225. The maximum absolute atomic E-state index is 3.66. The summed E-state index contributed by atoms with van der Waals surface area (Å²) in [6.07, 6.45) is 5.36. The van der Waals surface area contributed by atoms with Crippen molar-refractivity contribution >= 4 is 0 Å². The zero-order valence-electron chi connectivity index (χ0n) is 12.3. The van der Waals surface area contributed by atoms with Crippen LogP contribution in [0, 0.1) is 5.41 Å². The fourth-order valence-corrected chi connectivity index (χ4v) is 2.17. The van der Waals surface area contributed by atoms with Gasteiger partial charge < -0.3 is 10.2 Å². The largest absolute Gasteiger partial charge is 0.314 e. The Labute approximate surface area is 103 Å². The zero-order chi connectivity index (χ0) is 12.6. The third kappa shape index (κ3) is 9.17. The molecule has 0 aromatic heterocycles. The summed E-state index contributed by atoms with van der Waals surface area (Å²) in [5.74, 6) is 0. The molecule has 0 aromatic carbocycles. The number of hydrogen-bond donors (Lipinski definition) is 1. The fraction of sp³-hybridized carbons (Fsp3) is 1.00. The van der Waals surface area contributed by atoms with Gasteiger partial charge >= 0.3 is 0 Å². The summed E-state index contributed by atoms with van der Waals surface area (Å²) in [5, 5.41) is 3.66. The van der Waals surface area contributed by atoms with Gasteiger partial charge in [0, 0.05) is 19.1 Å². The Morgan fingerprint density at radius 3 is 2.31 bits per heavy atom. The van der Waals surface area contributed by atoms with E-state index >= 15 is 0 Å². The highest BCUT2D eigenvalue weighted by molar-refractivity contribution is 4.76. The van der Waals surface area contributed by atoms with E-state index in [0.29, 0.717) is 11.5 Å². The molecule has 0 rings (SSSR count). The van der Waals surface area contributed by atoms with Gasteiger partial charge in [-0.2, -0.15) is 0 Å². The first-order chi connectivity index (χ1) is 7.37. The number of unbranched alkanes of at least 4 members (excludes halogenated alkanes) is 2. The minimum Gasteiger partial charge on any atom is -0.314 e. The van der Waals surface area contributed by atoms with Crippen LogP contribution in [0.5, 0.6) is 0 Å². The molecule has 0 aliphatic rings. The molecule has 1 N–H and O–H groups in total. The number of nitrogens with one attached hydrogen (secondary N) is 1. The standard InChI is InChI=1S/C14H32N2/c1-7-8-9-10-13(2)15-11-14(3,4)12-16(5)6/h13,15H,7-12H2,1-6H3. The van der Waals surface area contributed by atoms with E-state index in [1.807, 2.05) is 0 Å². The zero-order valence-corrected chi connectivity index (χ0v) is 12.3. The van der Waals surface area contributed by atoms with Crippen LogP contribution in [0.2, 0.25) is 0 Å². The number of rotatable bonds is 9. The van der Waals surface area contributed by atoms with Gasteiger partial charge in [0.2, 0.25) is 0 Å². The van der Waals surface area contributed by atoms with E-state index < -0.39 is 0 Å². The summed E-state index contributed by atoms with van der Waals surface area (Å²) < 4.78 is 0. The predicted molar refractivity (Wildman–Crippen MR) is 73.9 cm³/mol. The third-order valence-corrected chi connectivity index (χ3v) is 2.91. The highest BCUT2D eigenvalue weighted by atomic mass is 15.1. The summed E-state index contributed by atoms with van der Waals surface area (Å²) in [7, 11) is 4.29. The maximum Gasteiger partial charge on any atom is 0.00389 e. The minimum atomic E-state index is 0.364. The molecule has 0 aliphatic heterocycles. The van der Waals surface area contributed by atoms with Crippen LogP contribution in [0.15, 0.2) is 0 Å². The van der Waals surface area contributed by atoms with E-state index in [1.165, 1.54) is 25.7 Å². The van der Waals surface area contributed by atoms with E-state index in [2.05, 4.69) is 52.0 Å². The molecule has 0 saturated carbocycles. The van der Waals surface area contributed by atoms with Gasteiger partial charge in [0.05, 0.1) is 0 Å². The Balaban J connectivity index is 3.68. The molecule has 0 amide bonds. The van der Waals surface area contributed by atoms with Gasteiger partial charge in [-0.05, 0) is 32.9 Å². The van der Waals surface area contributed by atoms with Crippen molar-refractivity contribution < 1.29 is 0 Å². The molecule has 2 heteroatoms. The lowest BCUT2D eigenvalue weighted by Gasteiger charge is -2.30. The highest BCUT2D eigenvalue weighted by Gasteiger charge is 2.19. The Morgan fingerprint density at radius 1 is 1.19 bits per heavy atom. The van der Waals surface area contributed by atoms with Crippen molar-refractivity contribution in [1.29, 1.82) is 0 Å². The summed E-state index contributed by atoms with van der Waals surface area (Å²) in [6, 6.07) is 0.660. The second-order valence-electron chi connectivity index (χ2n) is 6.18. The molecule has 0 aliphatic carbocycles. The van der Waals surface area contributed by atoms with E-state index in [0.717, 1.165) is 13.1 Å². The van der Waals surface area contributed by atoms with Crippen LogP contribution in [0.3, 0.4) is 0 Å². The molecule has 0 spiro atoms. The van der Waals surface area contributed by atoms with Crippen molar-refractivity contribution in [3.8, 4) is 0 Å². The van der Waals surface area contributed by atoms with Gasteiger partial charge in [0.1, 0.15) is 0 Å². The Kier molecular flexibility index (Phi) is 8.04. The van der Waals surface area contributed by atoms with Crippen molar-refractivity contribution in [1.82, 2.24) is 10.2 Å². The van der Waals surface area contributed by atoms with Gasteiger partial charge in [-0.25, -0.2) is 0 Å². The van der Waals surface area contributed by atoms with E-state index in [-0.39, 0.29) is 0 Å². The Morgan fingerprint density at radius 2 is 1.81 bits per heavy atom. The van der Waals surface area contributed by atoms with E-state index in [4.69, 9.17) is 0 Å². The molecular weight excluding hydrogens is 196 g/mol. The van der Waals surface area contributed by atoms with Crippen LogP contribution in [0.4, 0.5) is 0 Å². The topological polar surface area (TPSA) is 15.3 Å². The molecule has 1 atom stereocenters. The minimum absolute atomic E-state index is 0.364. The lowest BCUT2D eigenvalue weighted by atomic mass is 9.92. The Hall–Kier alpha value is -0.0800. The van der Waals surface area contributed by atoms with Crippen molar-refractivity contribution in [2.24, 2.45) is 5.41 Å². The van der Waals surface area contributed by atoms with Crippen LogP contribution in [-0.4, -0.2) is 38.1 Å². The Bertz CT molecular complexity index is 164. The molecule has 0 saturated heterocycles. The molecule has 0 fully saturated rings. The average Bonchev–Trinajstić information content (AvgIpc) is 2.13. The van der Waals surface area contributed by atoms with Crippen molar-refractivity contribution in [3.05, 3.63) is 0 Å². The third-order valence-electron chi connectivity index (χ3n) is 2.91. The molecular formula is C14H32N2. The average molecular weight is 228 g/mol. The van der Waals surface area contributed by atoms with Crippen molar-refractivity contribution in [3.63, 3.8) is 0 Å². The van der Waals surface area contributed by atoms with Crippen LogP contribution in [0.1, 0.15) is 53.4 Å². The summed E-state index contributed by atoms with van der Waals surface area (Å²) in [5.41, 5.74) is 0.364. The smallest absolute Gasteiger partial charge is 0.00389 e. The molecule has 1 unspecified atom stereocenters. The van der Waals surface area contributed by atoms with Gasteiger partial charge in [0.25, 0.3) is 0 Å². The maximum atomic E-state index is 3.66. The van der Waals surface area contributed by atoms with Crippen molar-refractivity contribution in [2.45, 2.75) is 59.4 Å². The molecule has 0 radical (unpaired) electrons. The molecule has 98 valence electrons. The fourth-order valence-electron chi connectivity index (χ4n) is 2.17. The number of nitrogens with zero attached hydrogens (tertiary/aromatic N) is 1. The van der Waals surface area contributed by atoms with E-state index in [1.54, 1.807) is 0 Å². The van der Waals surface area contributed by atoms with Crippen LogP contribution in [-0.2, 0) is 0 Å². The van der Waals surface area contributed by atoms with Gasteiger partial charge in [0.15, 0.2) is 0 Å². The van der Waals surface area contributed by atoms with Gasteiger partial charge in [-0.3, -0.25) is 0 Å². The first kappa shape index (κ1) is 15.9. The predicted octanol–water partition coefficient (Wildman–Crippen LogP) is 3.13. The monoisotopic (exact) mass is 228 g/mol. The van der Waals surface area contributed by atoms with Crippen LogP contribution >= 0.6 is 0 Å². The second kappa shape index (κ2) is 8.08. The second-order valence-corrected chi connectivity index (χ2v) is 6.18. The summed E-state index contributed by atoms with van der Waals surface area (Å²) in [6.45, 7) is 11.5. The quantitative estimate of drug-likeness (QED) is 0.610. The molecule has 2 nitrogen and oxygen atoms in total. The van der Waals surface area contributed by atoms with E-state index in [9.17, 15) is 0 Å². The highest BCUT2D eigenvalue weighted by Crippen LogP contribution is 2.15.